The molecule has 8 nitrogen and oxygen atoms in total. The molecule has 1 amide bonds. The summed E-state index contributed by atoms with van der Waals surface area (Å²) in [4.78, 5) is 23.7. The molecular weight excluding hydrogens is 489 g/mol. The Morgan fingerprint density at radius 3 is 2.66 bits per heavy atom. The number of carbonyl (C=O) groups is 1. The van der Waals surface area contributed by atoms with Gasteiger partial charge in [0.1, 0.15) is 0 Å². The van der Waals surface area contributed by atoms with E-state index in [9.17, 15) is 4.79 Å². The second-order valence-corrected chi connectivity index (χ2v) is 8.85. The molecule has 0 unspecified atom stereocenters. The molecule has 0 aliphatic carbocycles. The Kier molecular flexibility index (Phi) is 8.76. The standard InChI is InChI=1S/C25H27Cl2N5O3/c26-20-5-2-6-21(27)19(20)7-12-35-25-23(28)30-16-22(31-25)17-3-1-4-18(15-17)24(33)29-8-9-32-10-13-34-14-11-32/h1-6,15-16H,7-14H2,(H2,28,30)(H,29,33). The summed E-state index contributed by atoms with van der Waals surface area (Å²) in [5, 5.41) is 4.13. The number of ether oxygens (including phenoxy) is 2. The van der Waals surface area contributed by atoms with E-state index in [-0.39, 0.29) is 24.2 Å². The van der Waals surface area contributed by atoms with Gasteiger partial charge < -0.3 is 20.5 Å². The van der Waals surface area contributed by atoms with Crippen LogP contribution in [-0.4, -0.2) is 66.8 Å². The van der Waals surface area contributed by atoms with Gasteiger partial charge in [0.15, 0.2) is 5.82 Å². The largest absolute Gasteiger partial charge is 0.475 e. The third-order valence-corrected chi connectivity index (χ3v) is 6.37. The van der Waals surface area contributed by atoms with Crippen molar-refractivity contribution in [2.75, 3.05) is 51.7 Å². The van der Waals surface area contributed by atoms with Crippen LogP contribution in [-0.2, 0) is 11.2 Å². The number of nitrogen functional groups attached to an aromatic ring is 1. The fraction of sp³-hybridized carbons (Fsp3) is 0.320. The fourth-order valence-electron chi connectivity index (χ4n) is 3.72. The normalized spacial score (nSPS) is 14.0. The van der Waals surface area contributed by atoms with Crippen molar-refractivity contribution in [1.29, 1.82) is 0 Å². The molecule has 1 aliphatic rings. The molecule has 1 aromatic heterocycles. The van der Waals surface area contributed by atoms with Crippen LogP contribution in [0.4, 0.5) is 5.82 Å². The van der Waals surface area contributed by atoms with Crippen molar-refractivity contribution in [2.45, 2.75) is 6.42 Å². The first-order chi connectivity index (χ1) is 17.0. The number of halogens is 2. The van der Waals surface area contributed by atoms with E-state index in [2.05, 4.69) is 20.2 Å². The molecule has 184 valence electrons. The number of carbonyl (C=O) groups excluding carboxylic acids is 1. The lowest BCUT2D eigenvalue weighted by molar-refractivity contribution is 0.0383. The average molecular weight is 516 g/mol. The Morgan fingerprint density at radius 2 is 1.89 bits per heavy atom. The van der Waals surface area contributed by atoms with Crippen molar-refractivity contribution in [3.63, 3.8) is 0 Å². The van der Waals surface area contributed by atoms with Crippen LogP contribution in [0.3, 0.4) is 0 Å². The average Bonchev–Trinajstić information content (AvgIpc) is 2.87. The van der Waals surface area contributed by atoms with Crippen LogP contribution in [0.15, 0.2) is 48.7 Å². The SMILES string of the molecule is Nc1ncc(-c2cccc(C(=O)NCCN3CCOCC3)c2)nc1OCCc1c(Cl)cccc1Cl. The number of nitrogens with one attached hydrogen (secondary N) is 1. The van der Waals surface area contributed by atoms with Crippen LogP contribution in [0.25, 0.3) is 11.3 Å². The molecule has 1 fully saturated rings. The highest BCUT2D eigenvalue weighted by molar-refractivity contribution is 6.36. The topological polar surface area (TPSA) is 103 Å². The van der Waals surface area contributed by atoms with Gasteiger partial charge in [-0.15, -0.1) is 0 Å². The van der Waals surface area contributed by atoms with Gasteiger partial charge in [-0.1, -0.05) is 41.4 Å². The lowest BCUT2D eigenvalue weighted by Crippen LogP contribution is -2.41. The quantitative estimate of drug-likeness (QED) is 0.447. The molecule has 0 atom stereocenters. The van der Waals surface area contributed by atoms with E-state index < -0.39 is 0 Å². The number of rotatable bonds is 9. The minimum atomic E-state index is -0.142. The van der Waals surface area contributed by atoms with E-state index in [1.165, 1.54) is 0 Å². The zero-order valence-electron chi connectivity index (χ0n) is 19.2. The first-order valence-electron chi connectivity index (χ1n) is 11.4. The molecule has 2 heterocycles. The molecule has 1 aliphatic heterocycles. The second kappa shape index (κ2) is 12.2. The van der Waals surface area contributed by atoms with Gasteiger partial charge in [0, 0.05) is 53.8 Å². The maximum Gasteiger partial charge on any atom is 0.257 e. The maximum atomic E-state index is 12.7. The van der Waals surface area contributed by atoms with Gasteiger partial charge in [-0.05, 0) is 29.8 Å². The summed E-state index contributed by atoms with van der Waals surface area (Å²) >= 11 is 12.5. The summed E-state index contributed by atoms with van der Waals surface area (Å²) < 4.78 is 11.1. The second-order valence-electron chi connectivity index (χ2n) is 8.04. The van der Waals surface area contributed by atoms with Gasteiger partial charge in [0.25, 0.3) is 11.8 Å². The van der Waals surface area contributed by atoms with E-state index in [1.54, 1.807) is 36.5 Å². The number of aromatic nitrogens is 2. The highest BCUT2D eigenvalue weighted by Crippen LogP contribution is 2.26. The molecular formula is C25H27Cl2N5O3. The zero-order valence-corrected chi connectivity index (χ0v) is 20.7. The maximum absolute atomic E-state index is 12.7. The molecule has 0 radical (unpaired) electrons. The number of benzene rings is 2. The molecule has 35 heavy (non-hydrogen) atoms. The third-order valence-electron chi connectivity index (χ3n) is 5.66. The van der Waals surface area contributed by atoms with Crippen LogP contribution in [0.5, 0.6) is 5.88 Å². The van der Waals surface area contributed by atoms with E-state index in [4.69, 9.17) is 38.4 Å². The molecule has 0 spiro atoms. The molecule has 0 bridgehead atoms. The minimum absolute atomic E-state index is 0.142. The van der Waals surface area contributed by atoms with Crippen molar-refractivity contribution in [3.05, 3.63) is 69.8 Å². The van der Waals surface area contributed by atoms with Crippen molar-refractivity contribution < 1.29 is 14.3 Å². The van der Waals surface area contributed by atoms with Crippen LogP contribution in [0.2, 0.25) is 10.0 Å². The van der Waals surface area contributed by atoms with Gasteiger partial charge in [0.05, 0.1) is 31.7 Å². The van der Waals surface area contributed by atoms with E-state index in [1.807, 2.05) is 12.1 Å². The number of morpholine rings is 1. The van der Waals surface area contributed by atoms with Crippen molar-refractivity contribution >= 4 is 34.9 Å². The van der Waals surface area contributed by atoms with Crippen molar-refractivity contribution in [2.24, 2.45) is 0 Å². The van der Waals surface area contributed by atoms with Crippen molar-refractivity contribution in [1.82, 2.24) is 20.2 Å². The first kappa shape index (κ1) is 25.2. The lowest BCUT2D eigenvalue weighted by atomic mass is 10.1. The Bertz CT molecular complexity index is 1150. The Labute approximate surface area is 214 Å². The summed E-state index contributed by atoms with van der Waals surface area (Å²) in [6, 6.07) is 12.6. The third kappa shape index (κ3) is 6.82. The number of nitrogens with two attached hydrogens (primary N) is 1. The Hall–Kier alpha value is -2.91. The number of amides is 1. The number of nitrogens with zero attached hydrogens (tertiary/aromatic N) is 3. The summed E-state index contributed by atoms with van der Waals surface area (Å²) in [5.74, 6) is 0.249. The molecule has 4 rings (SSSR count). The Morgan fingerprint density at radius 1 is 1.14 bits per heavy atom. The lowest BCUT2D eigenvalue weighted by Gasteiger charge is -2.26. The molecule has 0 saturated carbocycles. The summed E-state index contributed by atoms with van der Waals surface area (Å²) in [7, 11) is 0. The van der Waals surface area contributed by atoms with Gasteiger partial charge in [0.2, 0.25) is 0 Å². The monoisotopic (exact) mass is 515 g/mol. The van der Waals surface area contributed by atoms with E-state index in [0.29, 0.717) is 34.3 Å². The minimum Gasteiger partial charge on any atom is -0.475 e. The van der Waals surface area contributed by atoms with Crippen LogP contribution in [0.1, 0.15) is 15.9 Å². The van der Waals surface area contributed by atoms with Gasteiger partial charge >= 0.3 is 0 Å². The van der Waals surface area contributed by atoms with Crippen LogP contribution in [0, 0.1) is 0 Å². The summed E-state index contributed by atoms with van der Waals surface area (Å²) in [6.07, 6.45) is 2.05. The number of hydrogen-bond acceptors (Lipinski definition) is 7. The first-order valence-corrected chi connectivity index (χ1v) is 12.1. The van der Waals surface area contributed by atoms with E-state index in [0.717, 1.165) is 44.0 Å². The summed E-state index contributed by atoms with van der Waals surface area (Å²) in [5.41, 5.74) is 8.60. The van der Waals surface area contributed by atoms with Crippen molar-refractivity contribution in [3.8, 4) is 17.1 Å². The fourth-order valence-corrected chi connectivity index (χ4v) is 4.31. The highest BCUT2D eigenvalue weighted by atomic mass is 35.5. The molecule has 2 aromatic carbocycles. The van der Waals surface area contributed by atoms with Gasteiger partial charge in [-0.25, -0.2) is 9.97 Å². The molecule has 10 heteroatoms. The predicted octanol–water partition coefficient (Wildman–Crippen LogP) is 3.72. The smallest absolute Gasteiger partial charge is 0.257 e. The Balaban J connectivity index is 1.38. The zero-order chi connectivity index (χ0) is 24.6. The molecule has 3 N–H and O–H groups in total. The number of hydrogen-bond donors (Lipinski definition) is 2. The van der Waals surface area contributed by atoms with Gasteiger partial charge in [-0.3, -0.25) is 9.69 Å². The van der Waals surface area contributed by atoms with Gasteiger partial charge in [-0.2, -0.15) is 0 Å². The highest BCUT2D eigenvalue weighted by Gasteiger charge is 2.13. The summed E-state index contributed by atoms with van der Waals surface area (Å²) in [6.45, 7) is 4.87. The predicted molar refractivity (Wildman–Crippen MR) is 137 cm³/mol. The number of anilines is 1. The molecule has 3 aromatic rings. The van der Waals surface area contributed by atoms with Crippen LogP contribution < -0.4 is 15.8 Å². The van der Waals surface area contributed by atoms with Crippen LogP contribution >= 0.6 is 23.2 Å². The molecule has 1 saturated heterocycles. The van der Waals surface area contributed by atoms with E-state index >= 15 is 0 Å².